The summed E-state index contributed by atoms with van der Waals surface area (Å²) in [5.74, 6) is 0.120. The summed E-state index contributed by atoms with van der Waals surface area (Å²) in [5, 5.41) is 2.88. The molecule has 0 aromatic carbocycles. The summed E-state index contributed by atoms with van der Waals surface area (Å²) in [4.78, 5) is 18.4. The lowest BCUT2D eigenvalue weighted by molar-refractivity contribution is -0.122. The van der Waals surface area contributed by atoms with E-state index in [0.29, 0.717) is 17.7 Å². The van der Waals surface area contributed by atoms with Crippen molar-refractivity contribution in [2.75, 3.05) is 6.54 Å². The molecule has 6 heteroatoms. The molecule has 3 rings (SSSR count). The van der Waals surface area contributed by atoms with Gasteiger partial charge in [-0.05, 0) is 24.7 Å². The number of imidazole rings is 1. The standard InChI is InChI=1S/C11H12N4OS/c16-10-2-1-7(5-13-10)15-9-3-4-12-6-8(9)14-11(15)17/h3-4,6-7H,1-2,5H2,(H,13,16)(H,14,17). The Bertz CT molecular complexity index is 620. The van der Waals surface area contributed by atoms with Gasteiger partial charge in [-0.3, -0.25) is 9.78 Å². The summed E-state index contributed by atoms with van der Waals surface area (Å²) in [6.07, 6.45) is 4.91. The summed E-state index contributed by atoms with van der Waals surface area (Å²) < 4.78 is 2.76. The van der Waals surface area contributed by atoms with Crippen LogP contribution in [-0.2, 0) is 4.79 Å². The fourth-order valence-electron chi connectivity index (χ4n) is 2.28. The predicted molar refractivity (Wildman–Crippen MR) is 66.2 cm³/mol. The molecule has 2 N–H and O–H groups in total. The maximum absolute atomic E-state index is 11.2. The lowest BCUT2D eigenvalue weighted by Crippen LogP contribution is -2.36. The zero-order valence-corrected chi connectivity index (χ0v) is 9.96. The molecule has 5 nitrogen and oxygen atoms in total. The van der Waals surface area contributed by atoms with Crippen molar-refractivity contribution in [2.45, 2.75) is 18.9 Å². The Morgan fingerprint density at radius 2 is 2.41 bits per heavy atom. The lowest BCUT2D eigenvalue weighted by atomic mass is 10.1. The van der Waals surface area contributed by atoms with Crippen molar-refractivity contribution in [2.24, 2.45) is 0 Å². The molecule has 0 saturated carbocycles. The average Bonchev–Trinajstić information content (AvgIpc) is 2.66. The number of rotatable bonds is 1. The molecule has 1 aliphatic rings. The van der Waals surface area contributed by atoms with Gasteiger partial charge in [-0.2, -0.15) is 0 Å². The molecule has 17 heavy (non-hydrogen) atoms. The molecule has 1 atom stereocenters. The highest BCUT2D eigenvalue weighted by atomic mass is 32.1. The third-order valence-electron chi connectivity index (χ3n) is 3.12. The molecule has 2 aromatic heterocycles. The minimum Gasteiger partial charge on any atom is -0.354 e. The first-order valence-electron chi connectivity index (χ1n) is 5.56. The molecule has 1 saturated heterocycles. The highest BCUT2D eigenvalue weighted by Gasteiger charge is 2.21. The van der Waals surface area contributed by atoms with Gasteiger partial charge in [-0.25, -0.2) is 0 Å². The molecule has 2 aromatic rings. The molecular weight excluding hydrogens is 236 g/mol. The van der Waals surface area contributed by atoms with E-state index < -0.39 is 0 Å². The van der Waals surface area contributed by atoms with Crippen LogP contribution in [0.5, 0.6) is 0 Å². The number of H-pyrrole nitrogens is 1. The second-order valence-electron chi connectivity index (χ2n) is 4.19. The van der Waals surface area contributed by atoms with Crippen LogP contribution >= 0.6 is 12.2 Å². The van der Waals surface area contributed by atoms with E-state index in [0.717, 1.165) is 17.5 Å². The molecule has 3 heterocycles. The summed E-state index contributed by atoms with van der Waals surface area (Å²) in [6, 6.07) is 2.18. The first-order valence-corrected chi connectivity index (χ1v) is 5.97. The van der Waals surface area contributed by atoms with Gasteiger partial charge in [0, 0.05) is 19.2 Å². The van der Waals surface area contributed by atoms with E-state index in [1.165, 1.54) is 0 Å². The fraction of sp³-hybridized carbons (Fsp3) is 0.364. The van der Waals surface area contributed by atoms with Crippen molar-refractivity contribution in [1.82, 2.24) is 19.9 Å². The third-order valence-corrected chi connectivity index (χ3v) is 3.42. The maximum Gasteiger partial charge on any atom is 0.220 e. The van der Waals surface area contributed by atoms with E-state index in [2.05, 4.69) is 19.9 Å². The molecule has 0 spiro atoms. The second-order valence-corrected chi connectivity index (χ2v) is 4.58. The summed E-state index contributed by atoms with van der Waals surface area (Å²) >= 11 is 5.33. The quantitative estimate of drug-likeness (QED) is 0.753. The first kappa shape index (κ1) is 10.5. The number of hydrogen-bond acceptors (Lipinski definition) is 3. The van der Waals surface area contributed by atoms with Crippen molar-refractivity contribution in [3.05, 3.63) is 23.2 Å². The second kappa shape index (κ2) is 3.96. The maximum atomic E-state index is 11.2. The Balaban J connectivity index is 2.08. The minimum absolute atomic E-state index is 0.120. The van der Waals surface area contributed by atoms with Crippen molar-refractivity contribution < 1.29 is 4.79 Å². The minimum atomic E-state index is 0.120. The van der Waals surface area contributed by atoms with E-state index in [1.54, 1.807) is 12.4 Å². The van der Waals surface area contributed by atoms with Gasteiger partial charge in [0.2, 0.25) is 5.91 Å². The molecule has 0 radical (unpaired) electrons. The normalized spacial score (nSPS) is 20.5. The van der Waals surface area contributed by atoms with Crippen LogP contribution in [-0.4, -0.2) is 27.0 Å². The predicted octanol–water partition coefficient (Wildman–Crippen LogP) is 1.54. The number of nitrogens with one attached hydrogen (secondary N) is 2. The van der Waals surface area contributed by atoms with E-state index in [4.69, 9.17) is 12.2 Å². The summed E-state index contributed by atoms with van der Waals surface area (Å²) in [7, 11) is 0. The highest BCUT2D eigenvalue weighted by molar-refractivity contribution is 7.71. The first-order chi connectivity index (χ1) is 8.25. The van der Waals surface area contributed by atoms with Gasteiger partial charge >= 0.3 is 0 Å². The van der Waals surface area contributed by atoms with Crippen LogP contribution in [0, 0.1) is 4.77 Å². The Morgan fingerprint density at radius 3 is 3.18 bits per heavy atom. The number of hydrogen-bond donors (Lipinski definition) is 2. The average molecular weight is 248 g/mol. The third kappa shape index (κ3) is 1.74. The number of amides is 1. The number of piperidine rings is 1. The van der Waals surface area contributed by atoms with Crippen LogP contribution in [0.25, 0.3) is 11.0 Å². The topological polar surface area (TPSA) is 62.7 Å². The van der Waals surface area contributed by atoms with Crippen molar-refractivity contribution >= 4 is 29.2 Å². The van der Waals surface area contributed by atoms with Gasteiger partial charge in [0.15, 0.2) is 4.77 Å². The molecule has 88 valence electrons. The van der Waals surface area contributed by atoms with E-state index >= 15 is 0 Å². The van der Waals surface area contributed by atoms with Crippen LogP contribution < -0.4 is 5.32 Å². The molecular formula is C11H12N4OS. The summed E-state index contributed by atoms with van der Waals surface area (Å²) in [6.45, 7) is 0.641. The van der Waals surface area contributed by atoms with Gasteiger partial charge in [0.25, 0.3) is 0 Å². The zero-order valence-electron chi connectivity index (χ0n) is 9.14. The highest BCUT2D eigenvalue weighted by Crippen LogP contribution is 2.23. The number of carbonyl (C=O) groups excluding carboxylic acids is 1. The van der Waals surface area contributed by atoms with Crippen molar-refractivity contribution in [3.8, 4) is 0 Å². The smallest absolute Gasteiger partial charge is 0.220 e. The van der Waals surface area contributed by atoms with E-state index in [9.17, 15) is 4.79 Å². The molecule has 1 aliphatic heterocycles. The zero-order chi connectivity index (χ0) is 11.8. The molecule has 0 aliphatic carbocycles. The van der Waals surface area contributed by atoms with Gasteiger partial charge < -0.3 is 14.9 Å². The molecule has 1 unspecified atom stereocenters. The van der Waals surface area contributed by atoms with Crippen LogP contribution in [0.1, 0.15) is 18.9 Å². The van der Waals surface area contributed by atoms with Crippen LogP contribution in [0.3, 0.4) is 0 Å². The monoisotopic (exact) mass is 248 g/mol. The molecule has 1 fully saturated rings. The van der Waals surface area contributed by atoms with Gasteiger partial charge in [-0.15, -0.1) is 0 Å². The Labute approximate surface area is 103 Å². The van der Waals surface area contributed by atoms with Gasteiger partial charge in [0.05, 0.1) is 23.3 Å². The van der Waals surface area contributed by atoms with Crippen molar-refractivity contribution in [3.63, 3.8) is 0 Å². The Kier molecular flexibility index (Phi) is 2.44. The Hall–Kier alpha value is -1.69. The SMILES string of the molecule is O=C1CCC(n2c(=S)[nH]c3cnccc32)CN1. The van der Waals surface area contributed by atoms with E-state index in [-0.39, 0.29) is 11.9 Å². The van der Waals surface area contributed by atoms with Gasteiger partial charge in [0.1, 0.15) is 0 Å². The van der Waals surface area contributed by atoms with Crippen LogP contribution in [0.4, 0.5) is 0 Å². The number of aromatic amines is 1. The number of carbonyl (C=O) groups is 1. The number of fused-ring (bicyclic) bond motifs is 1. The fourth-order valence-corrected chi connectivity index (χ4v) is 2.64. The van der Waals surface area contributed by atoms with E-state index in [1.807, 2.05) is 6.07 Å². The number of pyridine rings is 1. The van der Waals surface area contributed by atoms with Crippen molar-refractivity contribution in [1.29, 1.82) is 0 Å². The molecule has 0 bridgehead atoms. The van der Waals surface area contributed by atoms with Crippen LogP contribution in [0.2, 0.25) is 0 Å². The largest absolute Gasteiger partial charge is 0.354 e. The summed E-state index contributed by atoms with van der Waals surface area (Å²) in [5.41, 5.74) is 1.99. The van der Waals surface area contributed by atoms with Gasteiger partial charge in [-0.1, -0.05) is 0 Å². The van der Waals surface area contributed by atoms with Crippen LogP contribution in [0.15, 0.2) is 18.5 Å². The lowest BCUT2D eigenvalue weighted by Gasteiger charge is -2.24. The molecule has 1 amide bonds. The number of aromatic nitrogens is 3. The Morgan fingerprint density at radius 1 is 1.53 bits per heavy atom. The number of nitrogens with zero attached hydrogens (tertiary/aromatic N) is 2.